The van der Waals surface area contributed by atoms with E-state index in [1.807, 2.05) is 0 Å². The van der Waals surface area contributed by atoms with Crippen molar-refractivity contribution >= 4 is 23.0 Å². The fourth-order valence-corrected chi connectivity index (χ4v) is 2.36. The lowest BCUT2D eigenvalue weighted by Crippen LogP contribution is -2.23. The van der Waals surface area contributed by atoms with Gasteiger partial charge in [0.25, 0.3) is 5.91 Å². The van der Waals surface area contributed by atoms with E-state index in [9.17, 15) is 9.18 Å². The molecule has 2 aromatic carbocycles. The van der Waals surface area contributed by atoms with Crippen molar-refractivity contribution < 1.29 is 9.18 Å². The molecule has 3 rings (SSSR count). The quantitative estimate of drug-likeness (QED) is 0.493. The number of anilines is 2. The van der Waals surface area contributed by atoms with Gasteiger partial charge < -0.3 is 11.1 Å². The van der Waals surface area contributed by atoms with Crippen LogP contribution in [0.25, 0.3) is 0 Å². The molecule has 0 saturated carbocycles. The van der Waals surface area contributed by atoms with Crippen molar-refractivity contribution in [2.45, 2.75) is 6.54 Å². The van der Waals surface area contributed by atoms with E-state index < -0.39 is 5.91 Å². The predicted octanol–water partition coefficient (Wildman–Crippen LogP) is 2.66. The highest BCUT2D eigenvalue weighted by Gasteiger charge is 2.15. The van der Waals surface area contributed by atoms with Gasteiger partial charge in [0.1, 0.15) is 11.5 Å². The molecule has 1 heterocycles. The first kappa shape index (κ1) is 16.4. The molecule has 0 bridgehead atoms. The van der Waals surface area contributed by atoms with Crippen LogP contribution in [0.1, 0.15) is 11.1 Å². The average Bonchev–Trinajstić information content (AvgIpc) is 3.04. The Morgan fingerprint density at radius 2 is 1.92 bits per heavy atom. The standard InChI is InChI=1S/C18H16FN5O/c19-15-7-3-1-5-12(15)10-24-11-13(9-22-24)23-18(25)17(21)14-6-2-4-8-16(14)20/h1-9,11,21H,10,20H2,(H,23,25). The number of nitrogens with one attached hydrogen (secondary N) is 2. The third-order valence-electron chi connectivity index (χ3n) is 3.64. The van der Waals surface area contributed by atoms with Crippen LogP contribution in [-0.2, 0) is 11.3 Å². The number of halogens is 1. The highest BCUT2D eigenvalue weighted by Crippen LogP contribution is 2.14. The summed E-state index contributed by atoms with van der Waals surface area (Å²) in [5.74, 6) is -0.909. The number of rotatable bonds is 5. The molecular weight excluding hydrogens is 321 g/mol. The molecule has 4 N–H and O–H groups in total. The Labute approximate surface area is 143 Å². The van der Waals surface area contributed by atoms with E-state index in [1.165, 1.54) is 16.9 Å². The normalized spacial score (nSPS) is 10.4. The Morgan fingerprint density at radius 1 is 1.20 bits per heavy atom. The fraction of sp³-hybridized carbons (Fsp3) is 0.0556. The van der Waals surface area contributed by atoms with Gasteiger partial charge in [-0.15, -0.1) is 0 Å². The first-order valence-electron chi connectivity index (χ1n) is 7.55. The molecule has 7 heteroatoms. The summed E-state index contributed by atoms with van der Waals surface area (Å²) >= 11 is 0. The van der Waals surface area contributed by atoms with Crippen molar-refractivity contribution in [3.05, 3.63) is 77.9 Å². The van der Waals surface area contributed by atoms with Crippen LogP contribution in [0.3, 0.4) is 0 Å². The minimum atomic E-state index is -0.594. The monoisotopic (exact) mass is 337 g/mol. The van der Waals surface area contributed by atoms with Crippen molar-refractivity contribution in [1.29, 1.82) is 5.41 Å². The molecule has 0 aliphatic rings. The lowest BCUT2D eigenvalue weighted by molar-refractivity contribution is -0.110. The third kappa shape index (κ3) is 3.72. The van der Waals surface area contributed by atoms with Gasteiger partial charge in [-0.1, -0.05) is 36.4 Å². The van der Waals surface area contributed by atoms with Gasteiger partial charge in [0.05, 0.1) is 18.4 Å². The molecule has 0 saturated heterocycles. The smallest absolute Gasteiger partial charge is 0.274 e. The molecule has 0 unspecified atom stereocenters. The number of para-hydroxylation sites is 1. The van der Waals surface area contributed by atoms with Crippen molar-refractivity contribution in [3.63, 3.8) is 0 Å². The van der Waals surface area contributed by atoms with Gasteiger partial charge in [0.2, 0.25) is 0 Å². The number of amides is 1. The van der Waals surface area contributed by atoms with Gasteiger partial charge in [-0.3, -0.25) is 14.9 Å². The van der Waals surface area contributed by atoms with Crippen molar-refractivity contribution in [2.75, 3.05) is 11.1 Å². The number of nitrogens with zero attached hydrogens (tertiary/aromatic N) is 2. The first-order valence-corrected chi connectivity index (χ1v) is 7.55. The summed E-state index contributed by atoms with van der Waals surface area (Å²) in [6, 6.07) is 13.1. The van der Waals surface area contributed by atoms with E-state index in [0.717, 1.165) is 0 Å². The zero-order valence-corrected chi connectivity index (χ0v) is 13.2. The van der Waals surface area contributed by atoms with Crippen LogP contribution in [0.5, 0.6) is 0 Å². The number of hydrogen-bond acceptors (Lipinski definition) is 4. The summed E-state index contributed by atoms with van der Waals surface area (Å²) in [5, 5.41) is 14.7. The van der Waals surface area contributed by atoms with Crippen molar-refractivity contribution in [3.8, 4) is 0 Å². The minimum absolute atomic E-state index is 0.236. The first-order chi connectivity index (χ1) is 12.0. The second-order valence-electron chi connectivity index (χ2n) is 5.43. The maximum absolute atomic E-state index is 13.7. The Bertz CT molecular complexity index is 934. The molecule has 0 aliphatic heterocycles. The number of nitrogens with two attached hydrogens (primary N) is 1. The number of hydrogen-bond donors (Lipinski definition) is 3. The molecule has 3 aromatic rings. The largest absolute Gasteiger partial charge is 0.398 e. The van der Waals surface area contributed by atoms with E-state index >= 15 is 0 Å². The van der Waals surface area contributed by atoms with Crippen LogP contribution in [-0.4, -0.2) is 21.4 Å². The van der Waals surface area contributed by atoms with Crippen LogP contribution in [0.2, 0.25) is 0 Å². The molecule has 126 valence electrons. The maximum Gasteiger partial charge on any atom is 0.274 e. The van der Waals surface area contributed by atoms with Crippen LogP contribution >= 0.6 is 0 Å². The third-order valence-corrected chi connectivity index (χ3v) is 3.64. The topological polar surface area (TPSA) is 96.8 Å². The van der Waals surface area contributed by atoms with Crippen LogP contribution in [0.15, 0.2) is 60.9 Å². The van der Waals surface area contributed by atoms with Gasteiger partial charge >= 0.3 is 0 Å². The summed E-state index contributed by atoms with van der Waals surface area (Å²) in [6.45, 7) is 0.242. The number of nitrogen functional groups attached to an aromatic ring is 1. The van der Waals surface area contributed by atoms with E-state index in [2.05, 4.69) is 10.4 Å². The number of benzene rings is 2. The van der Waals surface area contributed by atoms with Crippen LogP contribution < -0.4 is 11.1 Å². The lowest BCUT2D eigenvalue weighted by atomic mass is 10.1. The van der Waals surface area contributed by atoms with Gasteiger partial charge in [-0.25, -0.2) is 4.39 Å². The van der Waals surface area contributed by atoms with Gasteiger partial charge in [0, 0.05) is 23.0 Å². The minimum Gasteiger partial charge on any atom is -0.398 e. The molecule has 0 fully saturated rings. The maximum atomic E-state index is 13.7. The van der Waals surface area contributed by atoms with E-state index in [0.29, 0.717) is 22.5 Å². The summed E-state index contributed by atoms with van der Waals surface area (Å²) in [5.41, 5.74) is 7.18. The summed E-state index contributed by atoms with van der Waals surface area (Å²) in [6.07, 6.45) is 3.02. The second-order valence-corrected chi connectivity index (χ2v) is 5.43. The molecule has 1 aromatic heterocycles. The van der Waals surface area contributed by atoms with E-state index in [4.69, 9.17) is 11.1 Å². The van der Waals surface area contributed by atoms with Gasteiger partial charge in [-0.2, -0.15) is 5.10 Å². The summed E-state index contributed by atoms with van der Waals surface area (Å²) < 4.78 is 15.2. The van der Waals surface area contributed by atoms with E-state index in [-0.39, 0.29) is 18.1 Å². The Hall–Kier alpha value is -3.48. The van der Waals surface area contributed by atoms with Crippen LogP contribution in [0.4, 0.5) is 15.8 Å². The summed E-state index contributed by atoms with van der Waals surface area (Å²) in [7, 11) is 0. The SMILES string of the molecule is N=C(C(=O)Nc1cnn(Cc2ccccc2F)c1)c1ccccc1N. The Balaban J connectivity index is 1.69. The lowest BCUT2D eigenvalue weighted by Gasteiger charge is -2.07. The molecule has 0 atom stereocenters. The molecule has 1 amide bonds. The van der Waals surface area contributed by atoms with Crippen molar-refractivity contribution in [2.24, 2.45) is 0 Å². The fourth-order valence-electron chi connectivity index (χ4n) is 2.36. The summed E-state index contributed by atoms with van der Waals surface area (Å²) in [4.78, 5) is 12.2. The predicted molar refractivity (Wildman–Crippen MR) is 94.0 cm³/mol. The molecule has 0 aliphatic carbocycles. The van der Waals surface area contributed by atoms with Gasteiger partial charge in [0.15, 0.2) is 0 Å². The molecule has 0 spiro atoms. The highest BCUT2D eigenvalue weighted by molar-refractivity contribution is 6.48. The zero-order chi connectivity index (χ0) is 17.8. The Kier molecular flexibility index (Phi) is 4.56. The number of carbonyl (C=O) groups is 1. The van der Waals surface area contributed by atoms with Gasteiger partial charge in [-0.05, 0) is 12.1 Å². The molecule has 0 radical (unpaired) electrons. The average molecular weight is 337 g/mol. The zero-order valence-electron chi connectivity index (χ0n) is 13.2. The number of carbonyl (C=O) groups excluding carboxylic acids is 1. The van der Waals surface area contributed by atoms with Crippen molar-refractivity contribution in [1.82, 2.24) is 9.78 Å². The second kappa shape index (κ2) is 6.96. The van der Waals surface area contributed by atoms with Crippen LogP contribution in [0, 0.1) is 11.2 Å². The number of aromatic nitrogens is 2. The van der Waals surface area contributed by atoms with E-state index in [1.54, 1.807) is 48.7 Å². The molecule has 25 heavy (non-hydrogen) atoms. The Morgan fingerprint density at radius 3 is 2.68 bits per heavy atom. The molecule has 6 nitrogen and oxygen atoms in total. The molecular formula is C18H16FN5O. The highest BCUT2D eigenvalue weighted by atomic mass is 19.1.